The average Bonchev–Trinajstić information content (AvgIpc) is 2.87. The molecule has 1 fully saturated rings. The van der Waals surface area contributed by atoms with E-state index < -0.39 is 17.7 Å². The number of amides is 1. The Morgan fingerprint density at radius 1 is 1.06 bits per heavy atom. The van der Waals surface area contributed by atoms with Crippen LogP contribution >= 0.6 is 11.6 Å². The number of benzene rings is 3. The number of nitrogens with zero attached hydrogens (tertiary/aromatic N) is 2. The zero-order valence-corrected chi connectivity index (χ0v) is 20.3. The summed E-state index contributed by atoms with van der Waals surface area (Å²) >= 11 is 6.06. The molecule has 1 amide bonds. The molecule has 5 rings (SSSR count). The number of piperazine rings is 1. The summed E-state index contributed by atoms with van der Waals surface area (Å²) in [6, 6.07) is 18.2. The Morgan fingerprint density at radius 2 is 1.83 bits per heavy atom. The average molecular weight is 516 g/mol. The number of nitrogens with one attached hydrogen (secondary N) is 1. The maximum absolute atomic E-state index is 13.6. The second-order valence-corrected chi connectivity index (χ2v) is 9.49. The molecular formula is C27H25ClF3N3O2. The monoisotopic (exact) mass is 515 g/mol. The molecule has 1 saturated heterocycles. The molecule has 3 aromatic carbocycles. The quantitative estimate of drug-likeness (QED) is 0.472. The SMILES string of the molecule is COc1cccc(NC(=O)C2Cc3cc(C(F)(F)F)ccc3N3CCN(c4ccc(Cl)cc4)CC23)c1. The van der Waals surface area contributed by atoms with Gasteiger partial charge in [0.2, 0.25) is 5.91 Å². The number of alkyl halides is 3. The molecule has 9 heteroatoms. The third-order valence-corrected chi connectivity index (χ3v) is 7.16. The first-order chi connectivity index (χ1) is 17.2. The van der Waals surface area contributed by atoms with Crippen LogP contribution in [0.25, 0.3) is 0 Å². The first-order valence-electron chi connectivity index (χ1n) is 11.6. The van der Waals surface area contributed by atoms with Crippen molar-refractivity contribution in [1.29, 1.82) is 0 Å². The molecule has 3 aromatic rings. The Kier molecular flexibility index (Phi) is 6.47. The fourth-order valence-corrected chi connectivity index (χ4v) is 5.25. The Labute approximate surface area is 212 Å². The van der Waals surface area contributed by atoms with E-state index in [9.17, 15) is 18.0 Å². The standard InChI is InChI=1S/C27H25ClF3N3O2/c1-36-22-4-2-3-20(15-22)32-26(35)23-14-17-13-18(27(29,30)31)5-10-24(17)34-12-11-33(16-25(23)34)21-8-6-19(28)7-9-21/h2-10,13,15,23,25H,11-12,14,16H2,1H3,(H,32,35). The Hall–Kier alpha value is -3.39. The van der Waals surface area contributed by atoms with E-state index in [1.165, 1.54) is 6.07 Å². The number of halogens is 4. The van der Waals surface area contributed by atoms with Crippen LogP contribution in [0.5, 0.6) is 5.75 Å². The topological polar surface area (TPSA) is 44.8 Å². The van der Waals surface area contributed by atoms with Gasteiger partial charge in [-0.1, -0.05) is 17.7 Å². The molecule has 5 nitrogen and oxygen atoms in total. The second-order valence-electron chi connectivity index (χ2n) is 9.06. The molecule has 36 heavy (non-hydrogen) atoms. The van der Waals surface area contributed by atoms with Gasteiger partial charge in [0.1, 0.15) is 5.75 Å². The number of hydrogen-bond acceptors (Lipinski definition) is 4. The molecule has 2 aliphatic rings. The molecule has 0 saturated carbocycles. The third kappa shape index (κ3) is 4.82. The Morgan fingerprint density at radius 3 is 2.56 bits per heavy atom. The van der Waals surface area contributed by atoms with Crippen LogP contribution in [0.15, 0.2) is 66.7 Å². The largest absolute Gasteiger partial charge is 0.497 e. The van der Waals surface area contributed by atoms with Crippen LogP contribution in [0.4, 0.5) is 30.2 Å². The van der Waals surface area contributed by atoms with Crippen molar-refractivity contribution in [3.8, 4) is 5.75 Å². The summed E-state index contributed by atoms with van der Waals surface area (Å²) in [5, 5.41) is 3.59. The lowest BCUT2D eigenvalue weighted by Crippen LogP contribution is -2.60. The second kappa shape index (κ2) is 9.58. The van der Waals surface area contributed by atoms with E-state index in [1.807, 2.05) is 24.3 Å². The van der Waals surface area contributed by atoms with Gasteiger partial charge in [0, 0.05) is 47.8 Å². The van der Waals surface area contributed by atoms with Crippen molar-refractivity contribution in [2.24, 2.45) is 5.92 Å². The van der Waals surface area contributed by atoms with Crippen LogP contribution in [0.3, 0.4) is 0 Å². The lowest BCUT2D eigenvalue weighted by molar-refractivity contribution is -0.137. The molecule has 0 aliphatic carbocycles. The Bertz CT molecular complexity index is 1270. The highest BCUT2D eigenvalue weighted by atomic mass is 35.5. The number of carbonyl (C=O) groups excluding carboxylic acids is 1. The number of hydrogen-bond donors (Lipinski definition) is 1. The molecule has 0 radical (unpaired) electrons. The van der Waals surface area contributed by atoms with E-state index in [2.05, 4.69) is 15.1 Å². The molecule has 0 spiro atoms. The van der Waals surface area contributed by atoms with Gasteiger partial charge in [0.05, 0.1) is 24.6 Å². The predicted molar refractivity (Wildman–Crippen MR) is 135 cm³/mol. The lowest BCUT2D eigenvalue weighted by Gasteiger charge is -2.49. The number of ether oxygens (including phenoxy) is 1. The number of carbonyl (C=O) groups is 1. The highest BCUT2D eigenvalue weighted by Crippen LogP contribution is 2.40. The minimum atomic E-state index is -4.45. The lowest BCUT2D eigenvalue weighted by atomic mass is 9.82. The molecule has 1 N–H and O–H groups in total. The van der Waals surface area contributed by atoms with Crippen molar-refractivity contribution in [1.82, 2.24) is 0 Å². The normalized spacial score (nSPS) is 19.4. The molecule has 188 valence electrons. The van der Waals surface area contributed by atoms with E-state index in [1.54, 1.807) is 37.4 Å². The van der Waals surface area contributed by atoms with Crippen molar-refractivity contribution in [3.05, 3.63) is 82.9 Å². The smallest absolute Gasteiger partial charge is 0.416 e. The van der Waals surface area contributed by atoms with Crippen molar-refractivity contribution in [2.45, 2.75) is 18.6 Å². The highest BCUT2D eigenvalue weighted by molar-refractivity contribution is 6.30. The summed E-state index contributed by atoms with van der Waals surface area (Å²) in [7, 11) is 1.54. The van der Waals surface area contributed by atoms with Crippen molar-refractivity contribution in [2.75, 3.05) is 41.9 Å². The van der Waals surface area contributed by atoms with Gasteiger partial charge in [-0.15, -0.1) is 0 Å². The molecule has 2 heterocycles. The number of anilines is 3. The molecule has 2 atom stereocenters. The van der Waals surface area contributed by atoms with E-state index >= 15 is 0 Å². The number of methoxy groups -OCH3 is 1. The summed E-state index contributed by atoms with van der Waals surface area (Å²) in [6.45, 7) is 1.80. The summed E-state index contributed by atoms with van der Waals surface area (Å²) < 4.78 is 45.6. The van der Waals surface area contributed by atoms with E-state index in [-0.39, 0.29) is 18.4 Å². The van der Waals surface area contributed by atoms with Gasteiger partial charge in [-0.3, -0.25) is 4.79 Å². The fourth-order valence-electron chi connectivity index (χ4n) is 5.12. The van der Waals surface area contributed by atoms with Crippen LogP contribution in [0, 0.1) is 5.92 Å². The van der Waals surface area contributed by atoms with E-state index in [0.717, 1.165) is 17.4 Å². The van der Waals surface area contributed by atoms with Gasteiger partial charge in [0.15, 0.2) is 0 Å². The van der Waals surface area contributed by atoms with Crippen molar-refractivity contribution < 1.29 is 22.7 Å². The first-order valence-corrected chi connectivity index (χ1v) is 12.0. The minimum absolute atomic E-state index is 0.213. The number of rotatable bonds is 4. The van der Waals surface area contributed by atoms with Gasteiger partial charge in [-0.05, 0) is 66.6 Å². The molecule has 0 bridgehead atoms. The summed E-state index contributed by atoms with van der Waals surface area (Å²) in [6.07, 6.45) is -4.23. The fraction of sp³-hybridized carbons (Fsp3) is 0.296. The van der Waals surface area contributed by atoms with E-state index in [4.69, 9.17) is 16.3 Å². The van der Waals surface area contributed by atoms with Gasteiger partial charge < -0.3 is 19.9 Å². The van der Waals surface area contributed by atoms with Crippen LogP contribution in [0.2, 0.25) is 5.02 Å². The Balaban J connectivity index is 1.48. The van der Waals surface area contributed by atoms with Crippen LogP contribution in [-0.4, -0.2) is 38.7 Å². The molecular weight excluding hydrogens is 491 g/mol. The molecule has 2 aliphatic heterocycles. The van der Waals surface area contributed by atoms with Gasteiger partial charge in [0.25, 0.3) is 0 Å². The van der Waals surface area contributed by atoms with E-state index in [0.29, 0.717) is 41.7 Å². The van der Waals surface area contributed by atoms with Gasteiger partial charge in [-0.25, -0.2) is 0 Å². The van der Waals surface area contributed by atoms with Crippen LogP contribution in [0.1, 0.15) is 11.1 Å². The molecule has 2 unspecified atom stereocenters. The zero-order valence-electron chi connectivity index (χ0n) is 19.6. The maximum atomic E-state index is 13.6. The molecule has 0 aromatic heterocycles. The third-order valence-electron chi connectivity index (χ3n) is 6.90. The van der Waals surface area contributed by atoms with Crippen molar-refractivity contribution in [3.63, 3.8) is 0 Å². The predicted octanol–water partition coefficient (Wildman–Crippen LogP) is 5.87. The van der Waals surface area contributed by atoms with Gasteiger partial charge in [-0.2, -0.15) is 13.2 Å². The summed E-state index contributed by atoms with van der Waals surface area (Å²) in [5.41, 5.74) is 2.16. The maximum Gasteiger partial charge on any atom is 0.416 e. The highest BCUT2D eigenvalue weighted by Gasteiger charge is 2.43. The van der Waals surface area contributed by atoms with Crippen LogP contribution < -0.4 is 19.9 Å². The minimum Gasteiger partial charge on any atom is -0.497 e. The van der Waals surface area contributed by atoms with Crippen molar-refractivity contribution >= 4 is 34.6 Å². The van der Waals surface area contributed by atoms with Gasteiger partial charge >= 0.3 is 6.18 Å². The summed E-state index contributed by atoms with van der Waals surface area (Å²) in [5.74, 6) is -0.189. The zero-order chi connectivity index (χ0) is 25.4. The first kappa shape index (κ1) is 24.3. The summed E-state index contributed by atoms with van der Waals surface area (Å²) in [4.78, 5) is 17.8. The van der Waals surface area contributed by atoms with Crippen LogP contribution in [-0.2, 0) is 17.4 Å². The number of fused-ring (bicyclic) bond motifs is 3.